The van der Waals surface area contributed by atoms with Crippen LogP contribution in [0.2, 0.25) is 0 Å². The Labute approximate surface area is 160 Å². The fourth-order valence-corrected chi connectivity index (χ4v) is 2.78. The summed E-state index contributed by atoms with van der Waals surface area (Å²) in [5, 5.41) is 20.9. The molecule has 6 heteroatoms. The summed E-state index contributed by atoms with van der Waals surface area (Å²) in [7, 11) is 0. The molecule has 28 heavy (non-hydrogen) atoms. The second-order valence-corrected chi connectivity index (χ2v) is 5.96. The van der Waals surface area contributed by atoms with Crippen molar-refractivity contribution in [3.8, 4) is 0 Å². The zero-order valence-corrected chi connectivity index (χ0v) is 14.6. The zero-order valence-electron chi connectivity index (χ0n) is 14.6. The highest BCUT2D eigenvalue weighted by Crippen LogP contribution is 2.29. The van der Waals surface area contributed by atoms with Crippen LogP contribution in [-0.4, -0.2) is 21.8 Å². The van der Waals surface area contributed by atoms with E-state index in [-0.39, 0.29) is 22.3 Å². The number of rotatable bonds is 6. The first-order chi connectivity index (χ1) is 13.5. The number of aromatic carboxylic acids is 1. The maximum Gasteiger partial charge on any atom is 0.335 e. The van der Waals surface area contributed by atoms with Crippen LogP contribution in [0.4, 0.5) is 5.69 Å². The van der Waals surface area contributed by atoms with E-state index in [0.29, 0.717) is 0 Å². The number of hydrogen-bond donors (Lipinski definition) is 1. The van der Waals surface area contributed by atoms with Gasteiger partial charge in [-0.05, 0) is 17.2 Å². The van der Waals surface area contributed by atoms with Crippen LogP contribution < -0.4 is 0 Å². The number of nitro benzene ring substituents is 1. The minimum Gasteiger partial charge on any atom is -0.478 e. The van der Waals surface area contributed by atoms with Gasteiger partial charge in [0.05, 0.1) is 10.5 Å². The SMILES string of the molecule is O=C(O)c1cc(C=Cc2ccccc2)c(C(=O)c2ccccc2)c([N+](=O)[O-])c1. The molecule has 0 radical (unpaired) electrons. The quantitative estimate of drug-likeness (QED) is 0.292. The monoisotopic (exact) mass is 373 g/mol. The molecule has 0 heterocycles. The van der Waals surface area contributed by atoms with Crippen LogP contribution in [0.1, 0.15) is 37.4 Å². The fraction of sp³-hybridized carbons (Fsp3) is 0. The van der Waals surface area contributed by atoms with E-state index in [9.17, 15) is 24.8 Å². The Morgan fingerprint density at radius 2 is 1.46 bits per heavy atom. The Balaban J connectivity index is 2.22. The van der Waals surface area contributed by atoms with Crippen LogP contribution in [-0.2, 0) is 0 Å². The summed E-state index contributed by atoms with van der Waals surface area (Å²) in [6.45, 7) is 0. The molecule has 0 amide bonds. The van der Waals surface area contributed by atoms with E-state index >= 15 is 0 Å². The summed E-state index contributed by atoms with van der Waals surface area (Å²) in [6.07, 6.45) is 3.19. The van der Waals surface area contributed by atoms with Gasteiger partial charge in [0.1, 0.15) is 5.56 Å². The van der Waals surface area contributed by atoms with Crippen molar-refractivity contribution in [2.75, 3.05) is 0 Å². The van der Waals surface area contributed by atoms with Gasteiger partial charge in [0.25, 0.3) is 5.69 Å². The Kier molecular flexibility index (Phi) is 5.41. The van der Waals surface area contributed by atoms with Crippen molar-refractivity contribution < 1.29 is 19.6 Å². The minimum absolute atomic E-state index is 0.145. The normalized spacial score (nSPS) is 10.7. The Hall–Kier alpha value is -4.06. The first kappa shape index (κ1) is 18.7. The molecule has 0 saturated heterocycles. The Bertz CT molecular complexity index is 1070. The van der Waals surface area contributed by atoms with E-state index in [1.165, 1.54) is 12.1 Å². The highest BCUT2D eigenvalue weighted by atomic mass is 16.6. The summed E-state index contributed by atoms with van der Waals surface area (Å²) in [5.41, 5.74) is 0.315. The second kappa shape index (κ2) is 8.09. The summed E-state index contributed by atoms with van der Waals surface area (Å²) in [6, 6.07) is 19.5. The fourth-order valence-electron chi connectivity index (χ4n) is 2.78. The van der Waals surface area contributed by atoms with E-state index in [0.717, 1.165) is 11.6 Å². The second-order valence-electron chi connectivity index (χ2n) is 5.96. The lowest BCUT2D eigenvalue weighted by molar-refractivity contribution is -0.385. The van der Waals surface area contributed by atoms with Crippen LogP contribution in [0.15, 0.2) is 72.8 Å². The van der Waals surface area contributed by atoms with Crippen LogP contribution >= 0.6 is 0 Å². The van der Waals surface area contributed by atoms with Crippen molar-refractivity contribution in [2.45, 2.75) is 0 Å². The first-order valence-corrected chi connectivity index (χ1v) is 8.36. The molecule has 0 saturated carbocycles. The largest absolute Gasteiger partial charge is 0.478 e. The van der Waals surface area contributed by atoms with E-state index in [1.807, 2.05) is 30.3 Å². The van der Waals surface area contributed by atoms with Gasteiger partial charge in [-0.25, -0.2) is 4.79 Å². The van der Waals surface area contributed by atoms with E-state index in [4.69, 9.17) is 0 Å². The third-order valence-electron chi connectivity index (χ3n) is 4.11. The third kappa shape index (κ3) is 4.02. The minimum atomic E-state index is -1.31. The smallest absolute Gasteiger partial charge is 0.335 e. The van der Waals surface area contributed by atoms with Gasteiger partial charge in [-0.15, -0.1) is 0 Å². The molecule has 0 aliphatic heterocycles. The van der Waals surface area contributed by atoms with Crippen molar-refractivity contribution in [1.29, 1.82) is 0 Å². The van der Waals surface area contributed by atoms with Gasteiger partial charge in [0.15, 0.2) is 0 Å². The number of benzene rings is 3. The molecule has 6 nitrogen and oxygen atoms in total. The maximum atomic E-state index is 13.0. The molecule has 0 aliphatic rings. The number of carbonyl (C=O) groups is 2. The van der Waals surface area contributed by atoms with Gasteiger partial charge in [-0.3, -0.25) is 14.9 Å². The van der Waals surface area contributed by atoms with Gasteiger partial charge in [-0.1, -0.05) is 72.8 Å². The summed E-state index contributed by atoms with van der Waals surface area (Å²) in [4.78, 5) is 35.3. The van der Waals surface area contributed by atoms with Crippen LogP contribution in [0, 0.1) is 10.1 Å². The van der Waals surface area contributed by atoms with Gasteiger partial charge < -0.3 is 5.11 Å². The lowest BCUT2D eigenvalue weighted by Crippen LogP contribution is -2.10. The predicted octanol–water partition coefficient (Wildman–Crippen LogP) is 4.69. The molecule has 3 aromatic carbocycles. The molecule has 0 unspecified atom stereocenters. The lowest BCUT2D eigenvalue weighted by Gasteiger charge is -2.09. The van der Waals surface area contributed by atoms with Crippen molar-refractivity contribution in [3.63, 3.8) is 0 Å². The lowest BCUT2D eigenvalue weighted by atomic mass is 9.94. The number of nitrogens with zero attached hydrogens (tertiary/aromatic N) is 1. The molecule has 3 rings (SSSR count). The number of hydrogen-bond acceptors (Lipinski definition) is 4. The average molecular weight is 373 g/mol. The van der Waals surface area contributed by atoms with Gasteiger partial charge in [0, 0.05) is 11.6 Å². The summed E-state index contributed by atoms with van der Waals surface area (Å²) in [5.74, 6) is -1.85. The molecule has 0 atom stereocenters. The van der Waals surface area contributed by atoms with Gasteiger partial charge >= 0.3 is 5.97 Å². The van der Waals surface area contributed by atoms with Crippen molar-refractivity contribution >= 4 is 29.6 Å². The molecular weight excluding hydrogens is 358 g/mol. The van der Waals surface area contributed by atoms with Crippen molar-refractivity contribution in [1.82, 2.24) is 0 Å². The topological polar surface area (TPSA) is 97.5 Å². The summed E-state index contributed by atoms with van der Waals surface area (Å²) >= 11 is 0. The van der Waals surface area contributed by atoms with E-state index in [1.54, 1.807) is 36.4 Å². The number of carboxylic acid groups (broad SMARTS) is 1. The Morgan fingerprint density at radius 3 is 2.04 bits per heavy atom. The predicted molar refractivity (Wildman–Crippen MR) is 105 cm³/mol. The maximum absolute atomic E-state index is 13.0. The first-order valence-electron chi connectivity index (χ1n) is 8.36. The van der Waals surface area contributed by atoms with E-state index in [2.05, 4.69) is 0 Å². The molecule has 0 bridgehead atoms. The highest BCUT2D eigenvalue weighted by Gasteiger charge is 2.26. The Morgan fingerprint density at radius 1 is 0.857 bits per heavy atom. The molecule has 0 aromatic heterocycles. The molecule has 0 spiro atoms. The number of carbonyl (C=O) groups excluding carboxylic acids is 1. The van der Waals surface area contributed by atoms with Crippen molar-refractivity contribution in [3.05, 3.63) is 111 Å². The van der Waals surface area contributed by atoms with Crippen LogP contribution in [0.25, 0.3) is 12.2 Å². The molecular formula is C22H15NO5. The van der Waals surface area contributed by atoms with Crippen LogP contribution in [0.5, 0.6) is 0 Å². The molecule has 3 aromatic rings. The van der Waals surface area contributed by atoms with Gasteiger partial charge in [0.2, 0.25) is 5.78 Å². The zero-order chi connectivity index (χ0) is 20.1. The molecule has 138 valence electrons. The number of carboxylic acids is 1. The molecule has 0 fully saturated rings. The summed E-state index contributed by atoms with van der Waals surface area (Å²) < 4.78 is 0. The highest BCUT2D eigenvalue weighted by molar-refractivity contribution is 6.14. The van der Waals surface area contributed by atoms with Crippen molar-refractivity contribution in [2.24, 2.45) is 0 Å². The standard InChI is InChI=1S/C22H15NO5/c24-21(16-9-5-2-6-10-16)20-17(12-11-15-7-3-1-4-8-15)13-18(22(25)26)14-19(20)23(27)28/h1-14H,(H,25,26). The average Bonchev–Trinajstić information content (AvgIpc) is 2.72. The van der Waals surface area contributed by atoms with E-state index < -0.39 is 22.4 Å². The third-order valence-corrected chi connectivity index (χ3v) is 4.11. The molecule has 1 N–H and O–H groups in total. The number of nitro groups is 1. The van der Waals surface area contributed by atoms with Gasteiger partial charge in [-0.2, -0.15) is 0 Å². The molecule has 0 aliphatic carbocycles. The number of ketones is 1. The van der Waals surface area contributed by atoms with Crippen LogP contribution in [0.3, 0.4) is 0 Å².